The fourth-order valence-corrected chi connectivity index (χ4v) is 2.93. The number of imidazole rings is 1. The van der Waals surface area contributed by atoms with Gasteiger partial charge in [0.2, 0.25) is 0 Å². The molecule has 1 aliphatic rings. The molecule has 6 nitrogen and oxygen atoms in total. The maximum Gasteiger partial charge on any atom is 0.495 e. The molecule has 0 spiro atoms. The van der Waals surface area contributed by atoms with Gasteiger partial charge >= 0.3 is 7.12 Å². The molecule has 0 unspecified atom stereocenters. The van der Waals surface area contributed by atoms with Crippen LogP contribution in [0.25, 0.3) is 4.85 Å². The van der Waals surface area contributed by atoms with Crippen molar-refractivity contribution in [2.45, 2.75) is 52.4 Å². The van der Waals surface area contributed by atoms with Gasteiger partial charge in [0.05, 0.1) is 17.8 Å². The zero-order valence-electron chi connectivity index (χ0n) is 15.7. The van der Waals surface area contributed by atoms with Crippen molar-refractivity contribution >= 4 is 24.6 Å². The Kier molecular flexibility index (Phi) is 4.51. The van der Waals surface area contributed by atoms with E-state index < -0.39 is 18.3 Å². The number of aldehydes is 1. The molecular weight excluding hydrogens is 329 g/mol. The minimum Gasteiger partial charge on any atom is -0.399 e. The first kappa shape index (κ1) is 18.4. The summed E-state index contributed by atoms with van der Waals surface area (Å²) in [5, 5.41) is 0. The third-order valence-corrected chi connectivity index (χ3v) is 5.22. The van der Waals surface area contributed by atoms with Gasteiger partial charge in [-0.2, -0.15) is 0 Å². The molecule has 1 fully saturated rings. The minimum absolute atomic E-state index is 0.390. The largest absolute Gasteiger partial charge is 0.495 e. The molecule has 134 valence electrons. The topological polar surface area (TPSA) is 57.7 Å². The molecule has 7 heteroatoms. The van der Waals surface area contributed by atoms with E-state index in [2.05, 4.69) is 9.83 Å². The summed E-state index contributed by atoms with van der Waals surface area (Å²) in [6, 6.07) is 5.50. The van der Waals surface area contributed by atoms with Crippen LogP contribution in [0.15, 0.2) is 24.4 Å². The van der Waals surface area contributed by atoms with Gasteiger partial charge in [-0.3, -0.25) is 4.79 Å². The highest BCUT2D eigenvalue weighted by atomic mass is 16.7. The lowest BCUT2D eigenvalue weighted by molar-refractivity contribution is 0.00578. The number of nitrogens with zero attached hydrogens (tertiary/aromatic N) is 3. The lowest BCUT2D eigenvalue weighted by Crippen LogP contribution is -2.41. The van der Waals surface area contributed by atoms with Gasteiger partial charge in [-0.1, -0.05) is 18.2 Å². The standard InChI is InChI=1S/C19H22BN3O3/c1-13-22-16(12-24)11-23(13)10-14-9-15(21-6)7-8-17(14)20-25-18(2,3)19(4,5)26-20/h7-9,11-12H,10H2,1-5H3. The van der Waals surface area contributed by atoms with E-state index in [0.717, 1.165) is 23.1 Å². The van der Waals surface area contributed by atoms with Gasteiger partial charge in [0.25, 0.3) is 0 Å². The monoisotopic (exact) mass is 351 g/mol. The molecule has 3 rings (SSSR count). The summed E-state index contributed by atoms with van der Waals surface area (Å²) in [4.78, 5) is 18.7. The Morgan fingerprint density at radius 1 is 1.27 bits per heavy atom. The van der Waals surface area contributed by atoms with Gasteiger partial charge in [0.15, 0.2) is 12.0 Å². The molecule has 1 aromatic carbocycles. The van der Waals surface area contributed by atoms with E-state index >= 15 is 0 Å². The van der Waals surface area contributed by atoms with E-state index in [9.17, 15) is 4.79 Å². The van der Waals surface area contributed by atoms with Gasteiger partial charge in [-0.25, -0.2) is 9.83 Å². The highest BCUT2D eigenvalue weighted by Crippen LogP contribution is 2.37. The van der Waals surface area contributed by atoms with Crippen LogP contribution < -0.4 is 5.46 Å². The Morgan fingerprint density at radius 3 is 2.46 bits per heavy atom. The van der Waals surface area contributed by atoms with Gasteiger partial charge < -0.3 is 13.9 Å². The lowest BCUT2D eigenvalue weighted by Gasteiger charge is -2.32. The zero-order chi connectivity index (χ0) is 19.1. The van der Waals surface area contributed by atoms with E-state index in [-0.39, 0.29) is 0 Å². The number of carbonyl (C=O) groups excluding carboxylic acids is 1. The number of benzene rings is 1. The van der Waals surface area contributed by atoms with Crippen molar-refractivity contribution in [2.24, 2.45) is 0 Å². The van der Waals surface area contributed by atoms with Crippen molar-refractivity contribution < 1.29 is 14.1 Å². The highest BCUT2D eigenvalue weighted by molar-refractivity contribution is 6.62. The first-order chi connectivity index (χ1) is 12.2. The van der Waals surface area contributed by atoms with Crippen LogP contribution in [0.4, 0.5) is 5.69 Å². The molecule has 0 aliphatic carbocycles. The Hall–Kier alpha value is -2.43. The van der Waals surface area contributed by atoms with Crippen LogP contribution in [0.1, 0.15) is 49.6 Å². The number of aromatic nitrogens is 2. The zero-order valence-corrected chi connectivity index (χ0v) is 15.7. The predicted octanol–water partition coefficient (Wildman–Crippen LogP) is 2.90. The van der Waals surface area contributed by atoms with Gasteiger partial charge in [-0.15, -0.1) is 0 Å². The summed E-state index contributed by atoms with van der Waals surface area (Å²) in [6.07, 6.45) is 2.44. The predicted molar refractivity (Wildman–Crippen MR) is 99.9 cm³/mol. The molecule has 0 saturated carbocycles. The van der Waals surface area contributed by atoms with Crippen LogP contribution in [0.2, 0.25) is 0 Å². The third-order valence-electron chi connectivity index (χ3n) is 5.22. The summed E-state index contributed by atoms with van der Waals surface area (Å²) in [5.41, 5.74) is 1.85. The average Bonchev–Trinajstić information content (AvgIpc) is 3.03. The molecule has 2 aromatic rings. The fourth-order valence-electron chi connectivity index (χ4n) is 2.93. The molecule has 1 saturated heterocycles. The summed E-state index contributed by atoms with van der Waals surface area (Å²) in [7, 11) is -0.510. The van der Waals surface area contributed by atoms with Crippen LogP contribution in [0.3, 0.4) is 0 Å². The van der Waals surface area contributed by atoms with E-state index in [0.29, 0.717) is 17.9 Å². The lowest BCUT2D eigenvalue weighted by atomic mass is 9.75. The quantitative estimate of drug-likeness (QED) is 0.483. The Bertz CT molecular complexity index is 880. The molecule has 1 aliphatic heterocycles. The van der Waals surface area contributed by atoms with E-state index in [1.54, 1.807) is 12.3 Å². The van der Waals surface area contributed by atoms with Gasteiger partial charge in [0, 0.05) is 12.7 Å². The first-order valence-electron chi connectivity index (χ1n) is 8.52. The molecule has 2 heterocycles. The second kappa shape index (κ2) is 6.38. The second-order valence-corrected chi connectivity index (χ2v) is 7.54. The molecule has 0 bridgehead atoms. The first-order valence-corrected chi connectivity index (χ1v) is 8.52. The maximum atomic E-state index is 11.0. The Morgan fingerprint density at radius 2 is 1.92 bits per heavy atom. The van der Waals surface area contributed by atoms with Crippen molar-refractivity contribution in [2.75, 3.05) is 0 Å². The Balaban J connectivity index is 2.00. The van der Waals surface area contributed by atoms with Crippen LogP contribution in [0, 0.1) is 13.5 Å². The Labute approximate surface area is 154 Å². The van der Waals surface area contributed by atoms with E-state index in [1.165, 1.54) is 0 Å². The van der Waals surface area contributed by atoms with Crippen LogP contribution in [0.5, 0.6) is 0 Å². The number of hydrogen-bond donors (Lipinski definition) is 0. The van der Waals surface area contributed by atoms with Crippen molar-refractivity contribution in [3.63, 3.8) is 0 Å². The van der Waals surface area contributed by atoms with Crippen molar-refractivity contribution in [3.8, 4) is 0 Å². The fraction of sp³-hybridized carbons (Fsp3) is 0.421. The smallest absolute Gasteiger partial charge is 0.399 e. The summed E-state index contributed by atoms with van der Waals surface area (Å²) in [5.74, 6) is 0.736. The number of hydrogen-bond acceptors (Lipinski definition) is 4. The number of carbonyl (C=O) groups is 1. The number of aryl methyl sites for hydroxylation is 1. The average molecular weight is 351 g/mol. The molecule has 0 radical (unpaired) electrons. The van der Waals surface area contributed by atoms with Crippen molar-refractivity contribution in [3.05, 3.63) is 52.9 Å². The molecule has 0 atom stereocenters. The third kappa shape index (κ3) is 3.18. The summed E-state index contributed by atoms with van der Waals surface area (Å²) >= 11 is 0. The van der Waals surface area contributed by atoms with E-state index in [4.69, 9.17) is 15.9 Å². The van der Waals surface area contributed by atoms with Gasteiger partial charge in [0.1, 0.15) is 11.5 Å². The highest BCUT2D eigenvalue weighted by Gasteiger charge is 2.52. The van der Waals surface area contributed by atoms with E-state index in [1.807, 2.05) is 51.3 Å². The second-order valence-electron chi connectivity index (χ2n) is 7.54. The molecule has 1 aromatic heterocycles. The number of rotatable bonds is 4. The van der Waals surface area contributed by atoms with Crippen molar-refractivity contribution in [1.29, 1.82) is 0 Å². The minimum atomic E-state index is -0.510. The van der Waals surface area contributed by atoms with Crippen LogP contribution in [-0.4, -0.2) is 34.2 Å². The molecule has 26 heavy (non-hydrogen) atoms. The SMILES string of the molecule is [C-]#[N+]c1ccc(B2OC(C)(C)C(C)(C)O2)c(Cn2cc(C=O)nc2C)c1. The maximum absolute atomic E-state index is 11.0. The molecule has 0 N–H and O–H groups in total. The van der Waals surface area contributed by atoms with Gasteiger partial charge in [-0.05, 0) is 45.6 Å². The van der Waals surface area contributed by atoms with Crippen molar-refractivity contribution in [1.82, 2.24) is 9.55 Å². The van der Waals surface area contributed by atoms with Crippen LogP contribution in [-0.2, 0) is 15.9 Å². The normalized spacial score (nSPS) is 17.9. The summed E-state index contributed by atoms with van der Waals surface area (Å²) in [6.45, 7) is 17.7. The summed E-state index contributed by atoms with van der Waals surface area (Å²) < 4.78 is 14.2. The molecule has 0 amide bonds. The van der Waals surface area contributed by atoms with Crippen LogP contribution >= 0.6 is 0 Å². The molecular formula is C19H22BN3O3.